The van der Waals surface area contributed by atoms with Gasteiger partial charge in [-0.15, -0.1) is 16.4 Å². The number of ether oxygens (including phenoxy) is 1. The van der Waals surface area contributed by atoms with Crippen molar-refractivity contribution in [2.75, 3.05) is 7.11 Å². The minimum Gasteiger partial charge on any atom is -0.497 e. The smallest absolute Gasteiger partial charge is 0.170 e. The molecule has 6 rings (SSSR count). The summed E-state index contributed by atoms with van der Waals surface area (Å²) >= 11 is 1.83. The van der Waals surface area contributed by atoms with Gasteiger partial charge >= 0.3 is 0 Å². The fraction of sp³-hybridized carbons (Fsp3) is 0.381. The fourth-order valence-corrected chi connectivity index (χ4v) is 5.74. The number of hydrazine groups is 1. The number of thiophene rings is 1. The van der Waals surface area contributed by atoms with Gasteiger partial charge in [-0.05, 0) is 55.4 Å². The molecule has 0 saturated carbocycles. The molecule has 1 aliphatic carbocycles. The summed E-state index contributed by atoms with van der Waals surface area (Å²) in [4.78, 5) is 12.2. The number of nitrogens with one attached hydrogen (secondary N) is 2. The van der Waals surface area contributed by atoms with Crippen LogP contribution in [-0.4, -0.2) is 26.7 Å². The van der Waals surface area contributed by atoms with Gasteiger partial charge in [0, 0.05) is 10.9 Å². The first kappa shape index (κ1) is 17.3. The molecular formula is C21H22N6OS. The number of methoxy groups -OCH3 is 1. The van der Waals surface area contributed by atoms with Crippen LogP contribution in [0.25, 0.3) is 15.9 Å². The van der Waals surface area contributed by atoms with Crippen LogP contribution in [0, 0.1) is 0 Å². The molecule has 1 saturated heterocycles. The van der Waals surface area contributed by atoms with Crippen LogP contribution in [0.3, 0.4) is 0 Å². The number of aromatic nitrogens is 4. The van der Waals surface area contributed by atoms with Crippen LogP contribution in [0.1, 0.15) is 53.2 Å². The van der Waals surface area contributed by atoms with Gasteiger partial charge in [0.05, 0.1) is 18.5 Å². The van der Waals surface area contributed by atoms with E-state index in [1.807, 2.05) is 28.0 Å². The predicted molar refractivity (Wildman–Crippen MR) is 112 cm³/mol. The summed E-state index contributed by atoms with van der Waals surface area (Å²) in [7, 11) is 1.70. The van der Waals surface area contributed by atoms with Crippen molar-refractivity contribution in [2.24, 2.45) is 0 Å². The number of hydrogen-bond acceptors (Lipinski definition) is 7. The van der Waals surface area contributed by atoms with Crippen LogP contribution in [0.15, 0.2) is 30.6 Å². The molecule has 0 bridgehead atoms. The van der Waals surface area contributed by atoms with E-state index in [9.17, 15) is 0 Å². The number of hydrogen-bond donors (Lipinski definition) is 2. The van der Waals surface area contributed by atoms with E-state index in [1.54, 1.807) is 13.4 Å². The van der Waals surface area contributed by atoms with E-state index in [2.05, 4.69) is 28.0 Å². The van der Waals surface area contributed by atoms with E-state index in [1.165, 1.54) is 40.7 Å². The van der Waals surface area contributed by atoms with E-state index in [-0.39, 0.29) is 12.1 Å². The summed E-state index contributed by atoms with van der Waals surface area (Å²) in [5.74, 6) is 1.68. The average molecular weight is 407 g/mol. The first-order valence-corrected chi connectivity index (χ1v) is 10.9. The molecule has 7 nitrogen and oxygen atoms in total. The first-order valence-electron chi connectivity index (χ1n) is 10.1. The molecule has 4 aromatic rings. The van der Waals surface area contributed by atoms with Crippen LogP contribution in [0.4, 0.5) is 0 Å². The lowest BCUT2D eigenvalue weighted by Gasteiger charge is -2.10. The van der Waals surface area contributed by atoms with Gasteiger partial charge in [0.1, 0.15) is 16.9 Å². The number of benzene rings is 1. The summed E-state index contributed by atoms with van der Waals surface area (Å²) in [6.07, 6.45) is 7.49. The summed E-state index contributed by atoms with van der Waals surface area (Å²) in [5, 5.41) is 5.97. The van der Waals surface area contributed by atoms with E-state index < -0.39 is 0 Å². The normalized spacial score (nSPS) is 21.7. The van der Waals surface area contributed by atoms with Crippen molar-refractivity contribution in [1.29, 1.82) is 0 Å². The van der Waals surface area contributed by atoms with Crippen molar-refractivity contribution in [3.8, 4) is 5.75 Å². The highest BCUT2D eigenvalue weighted by atomic mass is 32.1. The third kappa shape index (κ3) is 2.82. The lowest BCUT2D eigenvalue weighted by atomic mass is 9.97. The topological polar surface area (TPSA) is 76.4 Å². The maximum atomic E-state index is 5.36. The van der Waals surface area contributed by atoms with Crippen LogP contribution < -0.4 is 15.6 Å². The van der Waals surface area contributed by atoms with Gasteiger partial charge in [-0.1, -0.05) is 12.1 Å². The highest BCUT2D eigenvalue weighted by Crippen LogP contribution is 2.37. The maximum Gasteiger partial charge on any atom is 0.170 e. The Kier molecular flexibility index (Phi) is 4.04. The Morgan fingerprint density at radius 2 is 2.07 bits per heavy atom. The predicted octanol–water partition coefficient (Wildman–Crippen LogP) is 3.51. The molecule has 2 aliphatic rings. The largest absolute Gasteiger partial charge is 0.497 e. The second-order valence-electron chi connectivity index (χ2n) is 7.78. The molecule has 1 aromatic carbocycles. The minimum absolute atomic E-state index is 0.0515. The third-order valence-corrected chi connectivity index (χ3v) is 7.22. The van der Waals surface area contributed by atoms with E-state index >= 15 is 0 Å². The van der Waals surface area contributed by atoms with Crippen molar-refractivity contribution in [1.82, 2.24) is 30.4 Å². The molecule has 148 valence electrons. The second-order valence-corrected chi connectivity index (χ2v) is 8.86. The van der Waals surface area contributed by atoms with E-state index in [0.717, 1.165) is 34.9 Å². The second kappa shape index (κ2) is 6.76. The van der Waals surface area contributed by atoms with Gasteiger partial charge < -0.3 is 4.74 Å². The molecule has 0 spiro atoms. The van der Waals surface area contributed by atoms with Gasteiger partial charge in [0.2, 0.25) is 0 Å². The highest BCUT2D eigenvalue weighted by molar-refractivity contribution is 7.19. The summed E-state index contributed by atoms with van der Waals surface area (Å²) < 4.78 is 7.21. The molecule has 3 aromatic heterocycles. The van der Waals surface area contributed by atoms with Crippen LogP contribution in [-0.2, 0) is 12.8 Å². The van der Waals surface area contributed by atoms with Crippen LogP contribution >= 0.6 is 11.3 Å². The zero-order valence-corrected chi connectivity index (χ0v) is 17.0. The standard InChI is InChI=1S/C21H22N6OS/c1-28-13-6-4-5-12(9-13)15-10-16(25-24-15)19-23-20-18-14-7-2-3-8-17(14)29-21(18)22-11-27(20)26-19/h4-6,9,11,15-16,24-25H,2-3,7-8,10H2,1H3. The third-order valence-electron chi connectivity index (χ3n) is 6.02. The van der Waals surface area contributed by atoms with Crippen LogP contribution in [0.2, 0.25) is 0 Å². The van der Waals surface area contributed by atoms with Crippen molar-refractivity contribution in [3.05, 3.63) is 52.4 Å². The maximum absolute atomic E-state index is 5.36. The lowest BCUT2D eigenvalue weighted by molar-refractivity contribution is 0.413. The van der Waals surface area contributed by atoms with Crippen molar-refractivity contribution >= 4 is 27.2 Å². The SMILES string of the molecule is COc1cccc(C2CC(c3nc4c5c6c(sc5ncn4n3)CCCC6)NN2)c1. The molecule has 2 unspecified atom stereocenters. The zero-order valence-electron chi connectivity index (χ0n) is 16.2. The Balaban J connectivity index is 1.35. The van der Waals surface area contributed by atoms with Gasteiger partial charge in [-0.2, -0.15) is 0 Å². The summed E-state index contributed by atoms with van der Waals surface area (Å²) in [5.41, 5.74) is 10.3. The van der Waals surface area contributed by atoms with E-state index in [4.69, 9.17) is 14.8 Å². The Bertz CT molecular complexity index is 1210. The average Bonchev–Trinajstić information content (AvgIpc) is 3.48. The Hall–Kier alpha value is -2.55. The van der Waals surface area contributed by atoms with Gasteiger partial charge in [-0.25, -0.2) is 25.3 Å². The van der Waals surface area contributed by atoms with Crippen molar-refractivity contribution < 1.29 is 4.74 Å². The van der Waals surface area contributed by atoms with E-state index in [0.29, 0.717) is 0 Å². The summed E-state index contributed by atoms with van der Waals surface area (Å²) in [6, 6.07) is 8.42. The Morgan fingerprint density at radius 3 is 3.00 bits per heavy atom. The first-order chi connectivity index (χ1) is 14.3. The molecule has 8 heteroatoms. The van der Waals surface area contributed by atoms with Gasteiger partial charge in [0.15, 0.2) is 11.5 Å². The summed E-state index contributed by atoms with van der Waals surface area (Å²) in [6.45, 7) is 0. The van der Waals surface area contributed by atoms with Gasteiger partial charge in [0.25, 0.3) is 0 Å². The molecule has 1 fully saturated rings. The monoisotopic (exact) mass is 406 g/mol. The number of aryl methyl sites for hydroxylation is 2. The van der Waals surface area contributed by atoms with Crippen LogP contribution in [0.5, 0.6) is 5.75 Å². The Morgan fingerprint density at radius 1 is 1.17 bits per heavy atom. The molecule has 2 atom stereocenters. The molecule has 2 N–H and O–H groups in total. The highest BCUT2D eigenvalue weighted by Gasteiger charge is 2.30. The molecule has 29 heavy (non-hydrogen) atoms. The molecule has 0 radical (unpaired) electrons. The molecular weight excluding hydrogens is 384 g/mol. The van der Waals surface area contributed by atoms with Crippen molar-refractivity contribution in [3.63, 3.8) is 0 Å². The molecule has 0 amide bonds. The molecule has 1 aliphatic heterocycles. The zero-order chi connectivity index (χ0) is 19.4. The minimum atomic E-state index is 0.0515. The quantitative estimate of drug-likeness (QED) is 0.542. The number of fused-ring (bicyclic) bond motifs is 5. The molecule has 4 heterocycles. The fourth-order valence-electron chi connectivity index (χ4n) is 4.52. The number of rotatable bonds is 3. The van der Waals surface area contributed by atoms with Gasteiger partial charge in [-0.3, -0.25) is 0 Å². The number of nitrogens with zero attached hydrogens (tertiary/aromatic N) is 4. The Labute approximate surface area is 172 Å². The lowest BCUT2D eigenvalue weighted by Crippen LogP contribution is -2.27. The van der Waals surface area contributed by atoms with Crippen molar-refractivity contribution in [2.45, 2.75) is 44.2 Å².